The third kappa shape index (κ3) is 7.08. The van der Waals surface area contributed by atoms with E-state index in [9.17, 15) is 39.9 Å². The Morgan fingerprint density at radius 1 is 1.21 bits per heavy atom. The van der Waals surface area contributed by atoms with Gasteiger partial charge in [-0.15, -0.1) is 0 Å². The maximum atomic E-state index is 12.8. The average Bonchev–Trinajstić information content (AvgIpc) is 2.96. The molecule has 1 heterocycles. The number of hydrogen-bond acceptors (Lipinski definition) is 10. The number of aldehydes is 1. The van der Waals surface area contributed by atoms with E-state index in [-0.39, 0.29) is 51.5 Å². The van der Waals surface area contributed by atoms with Crippen LogP contribution >= 0.6 is 11.6 Å². The summed E-state index contributed by atoms with van der Waals surface area (Å²) in [5, 5.41) is 55.0. The van der Waals surface area contributed by atoms with Crippen LogP contribution in [-0.4, -0.2) is 86.9 Å². The highest BCUT2D eigenvalue weighted by Gasteiger charge is 2.49. The summed E-state index contributed by atoms with van der Waals surface area (Å²) in [4.78, 5) is 36.4. The topological polar surface area (TPSA) is 183 Å². The van der Waals surface area contributed by atoms with E-state index in [0.717, 1.165) is 0 Å². The molecule has 9 atom stereocenters. The van der Waals surface area contributed by atoms with Crippen LogP contribution in [0.4, 0.5) is 0 Å². The zero-order chi connectivity index (χ0) is 32.4. The molecule has 2 aliphatic rings. The van der Waals surface area contributed by atoms with E-state index in [1.165, 1.54) is 13.8 Å². The van der Waals surface area contributed by atoms with Crippen LogP contribution in [0, 0.1) is 24.2 Å². The number of aliphatic hydroxyl groups is 3. The van der Waals surface area contributed by atoms with Gasteiger partial charge in [0.25, 0.3) is 0 Å². The van der Waals surface area contributed by atoms with Crippen molar-refractivity contribution in [3.05, 3.63) is 33.4 Å². The van der Waals surface area contributed by atoms with Crippen LogP contribution in [0.1, 0.15) is 75.4 Å². The number of rotatable bonds is 10. The van der Waals surface area contributed by atoms with E-state index in [1.54, 1.807) is 13.0 Å². The first-order chi connectivity index (χ1) is 20.1. The molecule has 0 radical (unpaired) electrons. The minimum absolute atomic E-state index is 0.0355. The second-order valence-electron chi connectivity index (χ2n) is 12.2. The molecule has 1 aromatic rings. The summed E-state index contributed by atoms with van der Waals surface area (Å²) in [7, 11) is 0. The number of ketones is 1. The molecule has 11 nitrogen and oxygen atoms in total. The summed E-state index contributed by atoms with van der Waals surface area (Å²) in [6, 6.07) is -1.18. The summed E-state index contributed by atoms with van der Waals surface area (Å²) >= 11 is 6.24. The first kappa shape index (κ1) is 34.9. The Hall–Kier alpha value is -2.54. The van der Waals surface area contributed by atoms with Crippen LogP contribution in [0.15, 0.2) is 11.6 Å². The van der Waals surface area contributed by atoms with Crippen molar-refractivity contribution in [3.8, 4) is 11.5 Å². The molecule has 0 spiro atoms. The second-order valence-corrected chi connectivity index (χ2v) is 12.6. The number of nitrogens with one attached hydrogen (secondary N) is 1. The lowest BCUT2D eigenvalue weighted by Gasteiger charge is -2.48. The van der Waals surface area contributed by atoms with Gasteiger partial charge in [-0.25, -0.2) is 0 Å². The van der Waals surface area contributed by atoms with Crippen molar-refractivity contribution in [2.45, 2.75) is 104 Å². The van der Waals surface area contributed by atoms with Crippen LogP contribution in [0.3, 0.4) is 0 Å². The lowest BCUT2D eigenvalue weighted by molar-refractivity contribution is -0.281. The molecular formula is C31H44ClNO10. The standard InChI is InChI=1S/C31H44ClNO10/c1-14(7-9-19-26(38)20(12-34)16(3)24(32)27(19)39)22(11-31(6)15(2)8-10-21(37)17(31)4)42-30-25(33-18(5)36)29(41)28(40)23(13-35)43-30/h7,12,15,17,22-23,25,28-30,35,38-41H,8-11,13H2,1-6H3,(H,33,36)/b14-7+/t15-,17+,22-,23-,25+,28+,29+,30-,31+/m1/s1. The van der Waals surface area contributed by atoms with E-state index >= 15 is 0 Å². The fourth-order valence-corrected chi connectivity index (χ4v) is 6.37. The number of benzene rings is 1. The van der Waals surface area contributed by atoms with E-state index in [1.807, 2.05) is 13.8 Å². The average molecular weight is 626 g/mol. The van der Waals surface area contributed by atoms with Crippen LogP contribution in [0.2, 0.25) is 5.02 Å². The van der Waals surface area contributed by atoms with Gasteiger partial charge in [-0.3, -0.25) is 14.4 Å². The van der Waals surface area contributed by atoms with Gasteiger partial charge >= 0.3 is 0 Å². The molecular weight excluding hydrogens is 582 g/mol. The molecule has 0 aromatic heterocycles. The third-order valence-electron chi connectivity index (χ3n) is 9.62. The molecule has 2 fully saturated rings. The molecule has 43 heavy (non-hydrogen) atoms. The smallest absolute Gasteiger partial charge is 0.217 e. The lowest BCUT2D eigenvalue weighted by Crippen LogP contribution is -2.65. The van der Waals surface area contributed by atoms with Gasteiger partial charge in [-0.1, -0.05) is 38.4 Å². The Balaban J connectivity index is 2.06. The molecule has 3 rings (SSSR count). The predicted molar refractivity (Wildman–Crippen MR) is 158 cm³/mol. The molecule has 12 heteroatoms. The number of phenolic OH excluding ortho intramolecular Hbond substituents is 2. The highest BCUT2D eigenvalue weighted by molar-refractivity contribution is 6.33. The zero-order valence-electron chi connectivity index (χ0n) is 25.5. The molecule has 6 N–H and O–H groups in total. The Kier molecular flexibility index (Phi) is 11.4. The number of aromatic hydroxyl groups is 2. The van der Waals surface area contributed by atoms with Gasteiger partial charge in [-0.2, -0.15) is 0 Å². The van der Waals surface area contributed by atoms with E-state index in [2.05, 4.69) is 12.2 Å². The van der Waals surface area contributed by atoms with Crippen LogP contribution in [0.25, 0.3) is 0 Å². The van der Waals surface area contributed by atoms with Gasteiger partial charge in [0.1, 0.15) is 41.6 Å². The first-order valence-electron chi connectivity index (χ1n) is 14.5. The summed E-state index contributed by atoms with van der Waals surface area (Å²) < 4.78 is 12.3. The SMILES string of the molecule is CC(=O)N[C@@H]1[C@H](O[C@H](C[C@@]2(C)[C@H](C)CCC(=O)[C@@H]2C)/C(C)=C/Cc2c(O)c(Cl)c(C)c(C=O)c2O)O[C@H](CO)[C@H](O)[C@H]1O. The van der Waals surface area contributed by atoms with Crippen molar-refractivity contribution in [2.75, 3.05) is 6.61 Å². The highest BCUT2D eigenvalue weighted by Crippen LogP contribution is 2.48. The van der Waals surface area contributed by atoms with Crippen molar-refractivity contribution < 1.29 is 49.4 Å². The minimum atomic E-state index is -1.51. The van der Waals surface area contributed by atoms with Crippen molar-refractivity contribution >= 4 is 29.6 Å². The molecule has 1 aliphatic carbocycles. The largest absolute Gasteiger partial charge is 0.507 e. The number of Topliss-reactive ketones (excluding diaryl/α,β-unsaturated/α-hetero) is 1. The molecule has 1 amide bonds. The summed E-state index contributed by atoms with van der Waals surface area (Å²) in [5.74, 6) is -1.29. The Morgan fingerprint density at radius 3 is 2.44 bits per heavy atom. The normalized spacial score (nSPS) is 32.4. The number of ether oxygens (including phenoxy) is 2. The Morgan fingerprint density at radius 2 is 1.86 bits per heavy atom. The van der Waals surface area contributed by atoms with Gasteiger partial charge in [0.05, 0.1) is 23.3 Å². The summed E-state index contributed by atoms with van der Waals surface area (Å²) in [5.41, 5.74) is 0.328. The summed E-state index contributed by atoms with van der Waals surface area (Å²) in [6.07, 6.45) is -2.66. The number of carbonyl (C=O) groups excluding carboxylic acids is 3. The van der Waals surface area contributed by atoms with Gasteiger partial charge < -0.3 is 40.3 Å². The number of aliphatic hydroxyl groups excluding tert-OH is 3. The number of allylic oxidation sites excluding steroid dienone is 1. The number of amides is 1. The van der Waals surface area contributed by atoms with Crippen LogP contribution < -0.4 is 5.32 Å². The van der Waals surface area contributed by atoms with E-state index in [0.29, 0.717) is 31.1 Å². The highest BCUT2D eigenvalue weighted by atomic mass is 35.5. The number of halogens is 1. The van der Waals surface area contributed by atoms with Gasteiger partial charge in [0.15, 0.2) is 12.6 Å². The molecule has 0 bridgehead atoms. The second kappa shape index (κ2) is 14.0. The molecule has 240 valence electrons. The number of hydrogen-bond donors (Lipinski definition) is 6. The zero-order valence-corrected chi connectivity index (χ0v) is 26.2. The molecule has 1 aromatic carbocycles. The first-order valence-corrected chi connectivity index (χ1v) is 14.9. The molecule has 1 aliphatic heterocycles. The third-order valence-corrected chi connectivity index (χ3v) is 10.1. The van der Waals surface area contributed by atoms with Crippen molar-refractivity contribution in [2.24, 2.45) is 17.3 Å². The van der Waals surface area contributed by atoms with Crippen LogP contribution in [0.5, 0.6) is 11.5 Å². The van der Waals surface area contributed by atoms with Gasteiger partial charge in [0, 0.05) is 24.8 Å². The lowest BCUT2D eigenvalue weighted by atomic mass is 9.59. The van der Waals surface area contributed by atoms with Crippen molar-refractivity contribution in [1.29, 1.82) is 0 Å². The predicted octanol–water partition coefficient (Wildman–Crippen LogP) is 2.72. The minimum Gasteiger partial charge on any atom is -0.507 e. The Bertz CT molecular complexity index is 1250. The number of carbonyl (C=O) groups is 3. The summed E-state index contributed by atoms with van der Waals surface area (Å²) in [6.45, 7) is 9.87. The van der Waals surface area contributed by atoms with Gasteiger partial charge in [0.2, 0.25) is 5.91 Å². The molecule has 1 saturated heterocycles. The maximum absolute atomic E-state index is 12.8. The fourth-order valence-electron chi connectivity index (χ4n) is 6.15. The monoisotopic (exact) mass is 625 g/mol. The van der Waals surface area contributed by atoms with E-state index in [4.69, 9.17) is 21.1 Å². The molecule has 1 saturated carbocycles. The Labute approximate surface area is 256 Å². The quantitative estimate of drug-likeness (QED) is 0.167. The fraction of sp³-hybridized carbons (Fsp3) is 0.645. The van der Waals surface area contributed by atoms with E-state index < -0.39 is 60.4 Å². The van der Waals surface area contributed by atoms with Crippen molar-refractivity contribution in [1.82, 2.24) is 5.32 Å². The van der Waals surface area contributed by atoms with Crippen LogP contribution in [-0.2, 0) is 25.5 Å². The molecule has 0 unspecified atom stereocenters. The van der Waals surface area contributed by atoms with Gasteiger partial charge in [-0.05, 0) is 55.6 Å². The maximum Gasteiger partial charge on any atom is 0.217 e. The number of phenols is 2. The van der Waals surface area contributed by atoms with Crippen molar-refractivity contribution in [3.63, 3.8) is 0 Å².